The van der Waals surface area contributed by atoms with Crippen LogP contribution in [0.1, 0.15) is 17.9 Å². The molecule has 1 saturated heterocycles. The second-order valence-corrected chi connectivity index (χ2v) is 4.68. The molecule has 19 heavy (non-hydrogen) atoms. The predicted molar refractivity (Wildman–Crippen MR) is 70.2 cm³/mol. The fourth-order valence-corrected chi connectivity index (χ4v) is 2.22. The smallest absolute Gasteiger partial charge is 0.223 e. The van der Waals surface area contributed by atoms with Crippen molar-refractivity contribution >= 4 is 5.91 Å². The molecule has 1 unspecified atom stereocenters. The van der Waals surface area contributed by atoms with E-state index in [0.717, 1.165) is 5.56 Å². The van der Waals surface area contributed by atoms with Crippen molar-refractivity contribution in [3.63, 3.8) is 0 Å². The van der Waals surface area contributed by atoms with E-state index in [1.165, 1.54) is 12.1 Å². The van der Waals surface area contributed by atoms with Gasteiger partial charge in [0, 0.05) is 25.4 Å². The zero-order chi connectivity index (χ0) is 13.7. The van der Waals surface area contributed by atoms with Gasteiger partial charge in [0.2, 0.25) is 5.91 Å². The number of carbonyl (C=O) groups is 1. The Bertz CT molecular complexity index is 416. The quantitative estimate of drug-likeness (QED) is 0.888. The van der Waals surface area contributed by atoms with Crippen LogP contribution >= 0.6 is 0 Å². The highest BCUT2D eigenvalue weighted by Crippen LogP contribution is 2.20. The number of rotatable bonds is 4. The molecule has 1 fully saturated rings. The topological polar surface area (TPSA) is 55.6 Å². The summed E-state index contributed by atoms with van der Waals surface area (Å²) >= 11 is 0. The number of hydrogen-bond acceptors (Lipinski definition) is 3. The fourth-order valence-electron chi connectivity index (χ4n) is 2.22. The van der Waals surface area contributed by atoms with E-state index in [1.54, 1.807) is 17.0 Å². The number of amides is 1. The molecule has 1 heterocycles. The van der Waals surface area contributed by atoms with E-state index < -0.39 is 0 Å². The second kappa shape index (κ2) is 6.63. The maximum atomic E-state index is 12.9. The molecule has 1 aliphatic heterocycles. The van der Waals surface area contributed by atoms with Crippen molar-refractivity contribution in [1.29, 1.82) is 0 Å². The molecule has 4 nitrogen and oxygen atoms in total. The van der Waals surface area contributed by atoms with Crippen LogP contribution in [0, 0.1) is 5.82 Å². The zero-order valence-electron chi connectivity index (χ0n) is 10.8. The number of ether oxygens (including phenoxy) is 1. The van der Waals surface area contributed by atoms with Crippen LogP contribution in [0.5, 0.6) is 0 Å². The van der Waals surface area contributed by atoms with Gasteiger partial charge in [-0.3, -0.25) is 4.79 Å². The molecule has 1 aliphatic rings. The van der Waals surface area contributed by atoms with Gasteiger partial charge in [-0.05, 0) is 24.2 Å². The Morgan fingerprint density at radius 3 is 2.53 bits per heavy atom. The summed E-state index contributed by atoms with van der Waals surface area (Å²) < 4.78 is 18.1. The Morgan fingerprint density at radius 2 is 1.95 bits per heavy atom. The third kappa shape index (κ3) is 3.75. The zero-order valence-corrected chi connectivity index (χ0v) is 10.8. The standard InChI is InChI=1S/C14H19FN2O2/c15-13-3-1-11(2-4-13)12(10-16)9-14(18)17-5-7-19-8-6-17/h1-4,12H,5-10,16H2. The first-order valence-corrected chi connectivity index (χ1v) is 6.51. The summed E-state index contributed by atoms with van der Waals surface area (Å²) in [7, 11) is 0. The second-order valence-electron chi connectivity index (χ2n) is 4.68. The van der Waals surface area contributed by atoms with Gasteiger partial charge in [-0.25, -0.2) is 4.39 Å². The lowest BCUT2D eigenvalue weighted by atomic mass is 9.95. The van der Waals surface area contributed by atoms with E-state index in [0.29, 0.717) is 39.3 Å². The lowest BCUT2D eigenvalue weighted by molar-refractivity contribution is -0.135. The summed E-state index contributed by atoms with van der Waals surface area (Å²) in [6.07, 6.45) is 0.363. The number of carbonyl (C=O) groups excluding carboxylic acids is 1. The van der Waals surface area contributed by atoms with Crippen LogP contribution in [0.15, 0.2) is 24.3 Å². The molecule has 0 bridgehead atoms. The van der Waals surface area contributed by atoms with Crippen molar-refractivity contribution in [2.45, 2.75) is 12.3 Å². The van der Waals surface area contributed by atoms with Gasteiger partial charge in [-0.1, -0.05) is 12.1 Å². The maximum Gasteiger partial charge on any atom is 0.223 e. The van der Waals surface area contributed by atoms with Crippen LogP contribution in [0.25, 0.3) is 0 Å². The van der Waals surface area contributed by atoms with Gasteiger partial charge in [0.1, 0.15) is 5.82 Å². The lowest BCUT2D eigenvalue weighted by Gasteiger charge is -2.28. The molecule has 1 atom stereocenters. The van der Waals surface area contributed by atoms with E-state index in [1.807, 2.05) is 0 Å². The maximum absolute atomic E-state index is 12.9. The number of nitrogens with two attached hydrogens (primary N) is 1. The van der Waals surface area contributed by atoms with Gasteiger partial charge in [-0.15, -0.1) is 0 Å². The van der Waals surface area contributed by atoms with Gasteiger partial charge in [0.15, 0.2) is 0 Å². The molecular formula is C14H19FN2O2. The van der Waals surface area contributed by atoms with Crippen molar-refractivity contribution in [1.82, 2.24) is 4.90 Å². The summed E-state index contributed by atoms with van der Waals surface area (Å²) in [5.41, 5.74) is 6.64. The molecule has 1 aromatic rings. The van der Waals surface area contributed by atoms with Gasteiger partial charge in [-0.2, -0.15) is 0 Å². The molecule has 1 amide bonds. The van der Waals surface area contributed by atoms with Gasteiger partial charge in [0.05, 0.1) is 13.2 Å². The van der Waals surface area contributed by atoms with Crippen LogP contribution in [0.4, 0.5) is 4.39 Å². The summed E-state index contributed by atoms with van der Waals surface area (Å²) in [5.74, 6) is -0.252. The Hall–Kier alpha value is -1.46. The normalized spacial score (nSPS) is 17.3. The Labute approximate surface area is 112 Å². The monoisotopic (exact) mass is 266 g/mol. The third-order valence-electron chi connectivity index (χ3n) is 3.41. The summed E-state index contributed by atoms with van der Waals surface area (Å²) in [5, 5.41) is 0. The molecule has 0 saturated carbocycles. The van der Waals surface area contributed by atoms with Crippen LogP contribution < -0.4 is 5.73 Å². The Balaban J connectivity index is 1.98. The minimum atomic E-state index is -0.279. The van der Waals surface area contributed by atoms with Crippen LogP contribution in [0.3, 0.4) is 0 Å². The summed E-state index contributed by atoms with van der Waals surface area (Å²) in [6.45, 7) is 2.84. The number of hydrogen-bond donors (Lipinski definition) is 1. The molecule has 1 aromatic carbocycles. The van der Waals surface area contributed by atoms with Crippen LogP contribution in [-0.4, -0.2) is 43.7 Å². The predicted octanol–water partition coefficient (Wildman–Crippen LogP) is 1.12. The highest BCUT2D eigenvalue weighted by atomic mass is 19.1. The van der Waals surface area contributed by atoms with Crippen molar-refractivity contribution < 1.29 is 13.9 Å². The fraction of sp³-hybridized carbons (Fsp3) is 0.500. The van der Waals surface area contributed by atoms with Crippen molar-refractivity contribution in [3.05, 3.63) is 35.6 Å². The summed E-state index contributed by atoms with van der Waals surface area (Å²) in [6, 6.07) is 6.19. The van der Waals surface area contributed by atoms with Crippen LogP contribution in [-0.2, 0) is 9.53 Å². The van der Waals surface area contributed by atoms with Crippen molar-refractivity contribution in [2.24, 2.45) is 5.73 Å². The molecular weight excluding hydrogens is 247 g/mol. The number of morpholine rings is 1. The number of halogens is 1. The molecule has 2 N–H and O–H groups in total. The highest BCUT2D eigenvalue weighted by molar-refractivity contribution is 5.77. The molecule has 0 spiro atoms. The largest absolute Gasteiger partial charge is 0.378 e. The first-order valence-electron chi connectivity index (χ1n) is 6.51. The third-order valence-corrected chi connectivity index (χ3v) is 3.41. The SMILES string of the molecule is NCC(CC(=O)N1CCOCC1)c1ccc(F)cc1. The molecule has 0 radical (unpaired) electrons. The van der Waals surface area contributed by atoms with E-state index in [9.17, 15) is 9.18 Å². The van der Waals surface area contributed by atoms with Gasteiger partial charge < -0.3 is 15.4 Å². The minimum Gasteiger partial charge on any atom is -0.378 e. The molecule has 0 aliphatic carbocycles. The Morgan fingerprint density at radius 1 is 1.32 bits per heavy atom. The van der Waals surface area contributed by atoms with E-state index in [2.05, 4.69) is 0 Å². The van der Waals surface area contributed by atoms with E-state index in [4.69, 9.17) is 10.5 Å². The van der Waals surface area contributed by atoms with Gasteiger partial charge >= 0.3 is 0 Å². The van der Waals surface area contributed by atoms with Crippen molar-refractivity contribution in [2.75, 3.05) is 32.8 Å². The van der Waals surface area contributed by atoms with E-state index in [-0.39, 0.29) is 17.6 Å². The summed E-state index contributed by atoms with van der Waals surface area (Å²) in [4.78, 5) is 13.9. The lowest BCUT2D eigenvalue weighted by Crippen LogP contribution is -2.41. The van der Waals surface area contributed by atoms with Gasteiger partial charge in [0.25, 0.3) is 0 Å². The van der Waals surface area contributed by atoms with Crippen LogP contribution in [0.2, 0.25) is 0 Å². The number of benzene rings is 1. The molecule has 5 heteroatoms. The molecule has 104 valence electrons. The number of nitrogens with zero attached hydrogens (tertiary/aromatic N) is 1. The average Bonchev–Trinajstić information content (AvgIpc) is 2.46. The Kier molecular flexibility index (Phi) is 4.87. The molecule has 2 rings (SSSR count). The first kappa shape index (κ1) is 14.0. The average molecular weight is 266 g/mol. The molecule has 0 aromatic heterocycles. The highest BCUT2D eigenvalue weighted by Gasteiger charge is 2.21. The minimum absolute atomic E-state index is 0.0593. The van der Waals surface area contributed by atoms with E-state index >= 15 is 0 Å². The first-order chi connectivity index (χ1) is 9.20. The van der Waals surface area contributed by atoms with Crippen molar-refractivity contribution in [3.8, 4) is 0 Å².